The molecule has 0 N–H and O–H groups in total. The lowest BCUT2D eigenvalue weighted by Gasteiger charge is -2.32. The van der Waals surface area contributed by atoms with Crippen molar-refractivity contribution in [2.45, 2.75) is 20.4 Å². The van der Waals surface area contributed by atoms with Gasteiger partial charge in [0, 0.05) is 67.7 Å². The molecule has 2 aromatic heterocycles. The third-order valence-electron chi connectivity index (χ3n) is 8.04. The largest absolute Gasteiger partial charge is 0.304 e. The Bertz CT molecular complexity index is 1830. The van der Waals surface area contributed by atoms with E-state index >= 15 is 0 Å². The quantitative estimate of drug-likeness (QED) is 0.184. The number of aryl methyl sites for hydroxylation is 1. The van der Waals surface area contributed by atoms with Gasteiger partial charge in [-0.1, -0.05) is 36.4 Å². The van der Waals surface area contributed by atoms with Crippen molar-refractivity contribution >= 4 is 39.3 Å². The number of rotatable bonds is 6. The molecule has 5 aromatic rings. The van der Waals surface area contributed by atoms with Crippen LogP contribution in [0, 0.1) is 6.92 Å². The van der Waals surface area contributed by atoms with Crippen molar-refractivity contribution in [2.75, 3.05) is 33.2 Å². The van der Waals surface area contributed by atoms with Crippen LogP contribution >= 0.6 is 0 Å². The van der Waals surface area contributed by atoms with Gasteiger partial charge in [0.2, 0.25) is 0 Å². The summed E-state index contributed by atoms with van der Waals surface area (Å²) in [5.74, 6) is 0. The van der Waals surface area contributed by atoms with Gasteiger partial charge < -0.3 is 4.90 Å². The number of aromatic nitrogens is 2. The van der Waals surface area contributed by atoms with Crippen molar-refractivity contribution in [3.63, 3.8) is 0 Å². The van der Waals surface area contributed by atoms with Crippen molar-refractivity contribution in [3.05, 3.63) is 118 Å². The number of nitrogens with zero attached hydrogens (tertiary/aromatic N) is 5. The van der Waals surface area contributed by atoms with E-state index in [9.17, 15) is 4.79 Å². The predicted octanol–water partition coefficient (Wildman–Crippen LogP) is 6.40. The summed E-state index contributed by atoms with van der Waals surface area (Å²) in [4.78, 5) is 27.7. The molecule has 1 fully saturated rings. The van der Waals surface area contributed by atoms with E-state index in [1.54, 1.807) is 6.07 Å². The molecular formula is C35H35N5O. The zero-order valence-corrected chi connectivity index (χ0v) is 23.9. The Kier molecular flexibility index (Phi) is 7.59. The molecule has 3 aromatic carbocycles. The SMILES string of the molecule is C/C=C(\C=Nc1ccccc1)c1ccc2ncc3ccc(=O)n(-c4ccc(CN5CCN(C)CC5)c(C)c4)c3c2c1. The molecule has 0 bridgehead atoms. The Labute approximate surface area is 240 Å². The molecule has 41 heavy (non-hydrogen) atoms. The molecule has 0 spiro atoms. The second kappa shape index (κ2) is 11.6. The monoisotopic (exact) mass is 541 g/mol. The summed E-state index contributed by atoms with van der Waals surface area (Å²) in [6, 6.07) is 26.1. The van der Waals surface area contributed by atoms with Crippen LogP contribution in [0.5, 0.6) is 0 Å². The predicted molar refractivity (Wildman–Crippen MR) is 171 cm³/mol. The molecule has 0 saturated carbocycles. The van der Waals surface area contributed by atoms with Crippen LogP contribution in [0.25, 0.3) is 33.1 Å². The number of allylic oxidation sites excluding steroid dienone is 2. The molecule has 6 nitrogen and oxygen atoms in total. The van der Waals surface area contributed by atoms with E-state index in [1.165, 1.54) is 11.1 Å². The number of hydrogen-bond acceptors (Lipinski definition) is 5. The van der Waals surface area contributed by atoms with E-state index in [0.717, 1.165) is 77.0 Å². The highest BCUT2D eigenvalue weighted by Crippen LogP contribution is 2.28. The molecule has 1 aliphatic rings. The first-order chi connectivity index (χ1) is 20.0. The Balaban J connectivity index is 1.42. The minimum atomic E-state index is -0.0569. The van der Waals surface area contributed by atoms with Gasteiger partial charge in [-0.05, 0) is 85.6 Å². The first-order valence-electron chi connectivity index (χ1n) is 14.2. The summed E-state index contributed by atoms with van der Waals surface area (Å²) >= 11 is 0. The maximum absolute atomic E-state index is 13.5. The number of aliphatic imine (C=N–C) groups is 1. The number of piperazine rings is 1. The van der Waals surface area contributed by atoms with Crippen molar-refractivity contribution in [2.24, 2.45) is 4.99 Å². The Morgan fingerprint density at radius 1 is 0.951 bits per heavy atom. The van der Waals surface area contributed by atoms with Gasteiger partial charge in [0.05, 0.1) is 16.7 Å². The maximum Gasteiger partial charge on any atom is 0.255 e. The summed E-state index contributed by atoms with van der Waals surface area (Å²) in [6.07, 6.45) is 5.81. The molecule has 6 rings (SSSR count). The molecule has 3 heterocycles. The zero-order chi connectivity index (χ0) is 28.3. The third kappa shape index (κ3) is 5.62. The van der Waals surface area contributed by atoms with Crippen molar-refractivity contribution in [3.8, 4) is 5.69 Å². The first-order valence-corrected chi connectivity index (χ1v) is 14.2. The molecule has 206 valence electrons. The summed E-state index contributed by atoms with van der Waals surface area (Å²) in [5.41, 5.74) is 7.95. The van der Waals surface area contributed by atoms with Crippen molar-refractivity contribution in [1.82, 2.24) is 19.4 Å². The number of pyridine rings is 2. The minimum Gasteiger partial charge on any atom is -0.304 e. The number of para-hydroxylation sites is 1. The van der Waals surface area contributed by atoms with Crippen LogP contribution in [-0.2, 0) is 6.54 Å². The molecule has 0 amide bonds. The van der Waals surface area contributed by atoms with Gasteiger partial charge in [0.25, 0.3) is 5.56 Å². The van der Waals surface area contributed by atoms with Gasteiger partial charge in [-0.15, -0.1) is 0 Å². The summed E-state index contributed by atoms with van der Waals surface area (Å²) in [6.45, 7) is 9.43. The Morgan fingerprint density at radius 2 is 1.76 bits per heavy atom. The normalized spacial score (nSPS) is 15.3. The molecular weight excluding hydrogens is 506 g/mol. The molecule has 0 radical (unpaired) electrons. The van der Waals surface area contributed by atoms with E-state index in [1.807, 2.05) is 66.4 Å². The van der Waals surface area contributed by atoms with Gasteiger partial charge >= 0.3 is 0 Å². The minimum absolute atomic E-state index is 0.0569. The molecule has 6 heteroatoms. The van der Waals surface area contributed by atoms with E-state index in [4.69, 9.17) is 4.98 Å². The number of hydrogen-bond donors (Lipinski definition) is 0. The lowest BCUT2D eigenvalue weighted by Crippen LogP contribution is -2.43. The van der Waals surface area contributed by atoms with E-state index < -0.39 is 0 Å². The Morgan fingerprint density at radius 3 is 2.51 bits per heavy atom. The molecule has 0 unspecified atom stereocenters. The smallest absolute Gasteiger partial charge is 0.255 e. The topological polar surface area (TPSA) is 53.7 Å². The fourth-order valence-corrected chi connectivity index (χ4v) is 5.56. The highest BCUT2D eigenvalue weighted by Gasteiger charge is 2.16. The summed E-state index contributed by atoms with van der Waals surface area (Å²) < 4.78 is 1.84. The van der Waals surface area contributed by atoms with Crippen LogP contribution in [0.4, 0.5) is 5.69 Å². The van der Waals surface area contributed by atoms with Crippen LogP contribution in [-0.4, -0.2) is 58.8 Å². The van der Waals surface area contributed by atoms with Crippen LogP contribution in [0.2, 0.25) is 0 Å². The first kappa shape index (κ1) is 26.8. The van der Waals surface area contributed by atoms with Gasteiger partial charge in [-0.3, -0.25) is 24.2 Å². The molecule has 0 atom stereocenters. The average molecular weight is 542 g/mol. The van der Waals surface area contributed by atoms with E-state index in [2.05, 4.69) is 65.2 Å². The van der Waals surface area contributed by atoms with Crippen molar-refractivity contribution in [1.29, 1.82) is 0 Å². The number of benzene rings is 3. The highest BCUT2D eigenvalue weighted by atomic mass is 16.1. The standard InChI is InChI=1S/C35H35N5O/c1-4-26(22-36-30-8-6-5-7-9-30)27-11-14-33-32(21-27)35-28(23-37-33)12-15-34(41)40(35)31-13-10-29(25(2)20-31)24-39-18-16-38(3)17-19-39/h4-15,20-23H,16-19,24H2,1-3H3/b26-4+,36-22?. The number of fused-ring (bicyclic) bond motifs is 3. The zero-order valence-electron chi connectivity index (χ0n) is 23.9. The highest BCUT2D eigenvalue weighted by molar-refractivity contribution is 6.13. The van der Waals surface area contributed by atoms with Gasteiger partial charge in [-0.25, -0.2) is 0 Å². The van der Waals surface area contributed by atoms with Crippen LogP contribution in [0.1, 0.15) is 23.6 Å². The second-order valence-corrected chi connectivity index (χ2v) is 10.8. The molecule has 1 aliphatic heterocycles. The second-order valence-electron chi connectivity index (χ2n) is 10.8. The lowest BCUT2D eigenvalue weighted by atomic mass is 10.0. The van der Waals surface area contributed by atoms with Gasteiger partial charge in [-0.2, -0.15) is 0 Å². The third-order valence-corrected chi connectivity index (χ3v) is 8.04. The maximum atomic E-state index is 13.5. The average Bonchev–Trinajstić information content (AvgIpc) is 3.00. The van der Waals surface area contributed by atoms with Crippen LogP contribution < -0.4 is 5.56 Å². The van der Waals surface area contributed by atoms with E-state index in [0.29, 0.717) is 0 Å². The van der Waals surface area contributed by atoms with Crippen LogP contribution in [0.3, 0.4) is 0 Å². The van der Waals surface area contributed by atoms with Crippen molar-refractivity contribution < 1.29 is 0 Å². The fraction of sp³-hybridized carbons (Fsp3) is 0.229. The summed E-state index contributed by atoms with van der Waals surface area (Å²) in [7, 11) is 2.18. The van der Waals surface area contributed by atoms with Gasteiger partial charge in [0.1, 0.15) is 0 Å². The molecule has 1 saturated heterocycles. The summed E-state index contributed by atoms with van der Waals surface area (Å²) in [5, 5.41) is 1.86. The van der Waals surface area contributed by atoms with E-state index in [-0.39, 0.29) is 5.56 Å². The molecule has 0 aliphatic carbocycles. The lowest BCUT2D eigenvalue weighted by molar-refractivity contribution is 0.148. The van der Waals surface area contributed by atoms with Gasteiger partial charge in [0.15, 0.2) is 0 Å². The van der Waals surface area contributed by atoms with Crippen LogP contribution in [0.15, 0.2) is 101 Å². The fourth-order valence-electron chi connectivity index (χ4n) is 5.56. The number of likely N-dealkylation sites (N-methyl/N-ethyl adjacent to an activating group) is 1. The Hall–Kier alpha value is -4.39.